The van der Waals surface area contributed by atoms with Crippen LogP contribution in [0.2, 0.25) is 0 Å². The molecule has 1 aromatic carbocycles. The summed E-state index contributed by atoms with van der Waals surface area (Å²) in [4.78, 5) is 22.7. The third kappa shape index (κ3) is 4.07. The van der Waals surface area contributed by atoms with Gasteiger partial charge in [-0.1, -0.05) is 12.1 Å². The molecule has 2 N–H and O–H groups in total. The van der Waals surface area contributed by atoms with Crippen LogP contribution in [0.3, 0.4) is 0 Å². The van der Waals surface area contributed by atoms with Gasteiger partial charge in [0.15, 0.2) is 0 Å². The summed E-state index contributed by atoms with van der Waals surface area (Å²) in [5.41, 5.74) is -0.224. The minimum absolute atomic E-state index is 0.0357. The maximum atomic E-state index is 13.4. The van der Waals surface area contributed by atoms with Gasteiger partial charge in [-0.15, -0.1) is 0 Å². The number of halogens is 1. The lowest BCUT2D eigenvalue weighted by molar-refractivity contribution is -0.139. The maximum absolute atomic E-state index is 13.4. The van der Waals surface area contributed by atoms with Crippen molar-refractivity contribution in [1.82, 2.24) is 5.32 Å². The van der Waals surface area contributed by atoms with Crippen LogP contribution in [-0.4, -0.2) is 23.0 Å². The molecule has 0 bridgehead atoms. The van der Waals surface area contributed by atoms with Crippen LogP contribution in [0, 0.1) is 23.1 Å². The first-order chi connectivity index (χ1) is 8.95. The largest absolute Gasteiger partial charge is 0.480 e. The van der Waals surface area contributed by atoms with Crippen molar-refractivity contribution in [2.75, 3.05) is 0 Å². The van der Waals surface area contributed by atoms with Gasteiger partial charge in [-0.3, -0.25) is 4.79 Å². The number of carboxylic acids is 1. The number of hydrogen-bond acceptors (Lipinski definition) is 3. The minimum atomic E-state index is -1.26. The predicted molar refractivity (Wildman–Crippen MR) is 64.7 cm³/mol. The van der Waals surface area contributed by atoms with E-state index in [2.05, 4.69) is 5.32 Å². The Balaban J connectivity index is 2.81. The molecular formula is C13H13FN2O3. The van der Waals surface area contributed by atoms with Gasteiger partial charge in [0.2, 0.25) is 0 Å². The number of amides is 1. The molecule has 100 valence electrons. The van der Waals surface area contributed by atoms with Crippen molar-refractivity contribution in [3.63, 3.8) is 0 Å². The number of hydrogen-bond donors (Lipinski definition) is 2. The number of benzene rings is 1. The number of aliphatic carboxylic acids is 1. The van der Waals surface area contributed by atoms with Crippen molar-refractivity contribution in [2.24, 2.45) is 5.92 Å². The van der Waals surface area contributed by atoms with Crippen LogP contribution < -0.4 is 5.32 Å². The molecule has 0 saturated carbocycles. The minimum Gasteiger partial charge on any atom is -0.480 e. The highest BCUT2D eigenvalue weighted by Crippen LogP contribution is 2.09. The zero-order chi connectivity index (χ0) is 14.4. The monoisotopic (exact) mass is 264 g/mol. The van der Waals surface area contributed by atoms with E-state index in [4.69, 9.17) is 10.4 Å². The highest BCUT2D eigenvalue weighted by molar-refractivity contribution is 5.96. The molecule has 6 heteroatoms. The molecule has 0 unspecified atom stereocenters. The molecular weight excluding hydrogens is 251 g/mol. The average molecular weight is 264 g/mol. The van der Waals surface area contributed by atoms with Gasteiger partial charge in [-0.2, -0.15) is 5.26 Å². The highest BCUT2D eigenvalue weighted by atomic mass is 19.1. The first-order valence-electron chi connectivity index (χ1n) is 5.63. The second-order valence-electron chi connectivity index (χ2n) is 4.11. The van der Waals surface area contributed by atoms with Crippen LogP contribution >= 0.6 is 0 Å². The summed E-state index contributed by atoms with van der Waals surface area (Å²) in [6.07, 6.45) is -0.0357. The van der Waals surface area contributed by atoms with Crippen molar-refractivity contribution in [2.45, 2.75) is 19.4 Å². The molecule has 19 heavy (non-hydrogen) atoms. The Kier molecular flexibility index (Phi) is 5.01. The Labute approximate surface area is 109 Å². The summed E-state index contributed by atoms with van der Waals surface area (Å²) in [5.74, 6) is -3.32. The Morgan fingerprint density at radius 3 is 2.63 bits per heavy atom. The second kappa shape index (κ2) is 6.50. The number of carbonyl (C=O) groups is 2. The molecule has 0 aromatic heterocycles. The molecule has 1 amide bonds. The normalized spacial score (nSPS) is 13.1. The molecule has 0 heterocycles. The topological polar surface area (TPSA) is 90.2 Å². The van der Waals surface area contributed by atoms with Gasteiger partial charge in [0.05, 0.1) is 11.6 Å². The van der Waals surface area contributed by atoms with E-state index >= 15 is 0 Å². The predicted octanol–water partition coefficient (Wildman–Crippen LogP) is 1.56. The van der Waals surface area contributed by atoms with Gasteiger partial charge in [0.1, 0.15) is 11.9 Å². The van der Waals surface area contributed by atoms with Crippen molar-refractivity contribution in [1.29, 1.82) is 5.26 Å². The number of carboxylic acid groups (broad SMARTS) is 1. The van der Waals surface area contributed by atoms with Crippen molar-refractivity contribution in [3.8, 4) is 6.07 Å². The van der Waals surface area contributed by atoms with E-state index in [0.717, 1.165) is 6.07 Å². The van der Waals surface area contributed by atoms with E-state index in [-0.39, 0.29) is 12.0 Å². The van der Waals surface area contributed by atoms with Crippen molar-refractivity contribution < 1.29 is 19.1 Å². The van der Waals surface area contributed by atoms with Crippen molar-refractivity contribution in [3.05, 3.63) is 35.6 Å². The van der Waals surface area contributed by atoms with Gasteiger partial charge in [0.25, 0.3) is 5.91 Å². The maximum Gasteiger partial charge on any atom is 0.326 e. The summed E-state index contributed by atoms with van der Waals surface area (Å²) in [5, 5.41) is 19.8. The third-order valence-electron chi connectivity index (χ3n) is 2.53. The zero-order valence-electron chi connectivity index (χ0n) is 10.3. The summed E-state index contributed by atoms with van der Waals surface area (Å²) in [7, 11) is 0. The Morgan fingerprint density at radius 1 is 1.47 bits per heavy atom. The fourth-order valence-corrected chi connectivity index (χ4v) is 1.51. The molecule has 0 radical (unpaired) electrons. The Morgan fingerprint density at radius 2 is 2.11 bits per heavy atom. The third-order valence-corrected chi connectivity index (χ3v) is 2.53. The Hall–Kier alpha value is -2.42. The molecule has 0 fully saturated rings. The van der Waals surface area contributed by atoms with Gasteiger partial charge in [0, 0.05) is 5.92 Å². The van der Waals surface area contributed by atoms with Crippen molar-refractivity contribution >= 4 is 11.9 Å². The van der Waals surface area contributed by atoms with Crippen LogP contribution in [0.25, 0.3) is 0 Å². The standard InChI is InChI=1S/C13H13FN2O3/c1-8(7-15)6-11(13(18)19)16-12(17)9-4-2-3-5-10(9)14/h2-5,8,11H,6H2,1H3,(H,16,17)(H,18,19)/t8-,11+/m0/s1. The molecule has 0 saturated heterocycles. The number of nitrogens with zero attached hydrogens (tertiary/aromatic N) is 1. The molecule has 2 atom stereocenters. The molecule has 1 rings (SSSR count). The molecule has 0 spiro atoms. The van der Waals surface area contributed by atoms with E-state index in [1.54, 1.807) is 6.92 Å². The lowest BCUT2D eigenvalue weighted by atomic mass is 10.0. The molecule has 0 aliphatic rings. The average Bonchev–Trinajstić information content (AvgIpc) is 2.37. The molecule has 5 nitrogen and oxygen atoms in total. The van der Waals surface area contributed by atoms with Crippen LogP contribution in [0.4, 0.5) is 4.39 Å². The summed E-state index contributed by atoms with van der Waals surface area (Å²) >= 11 is 0. The second-order valence-corrected chi connectivity index (χ2v) is 4.11. The number of carbonyl (C=O) groups excluding carboxylic acids is 1. The first kappa shape index (κ1) is 14.6. The Bertz CT molecular complexity index is 525. The summed E-state index contributed by atoms with van der Waals surface area (Å²) < 4.78 is 13.4. The SMILES string of the molecule is C[C@H](C#N)C[C@@H](NC(=O)c1ccccc1F)C(=O)O. The number of rotatable bonds is 5. The quantitative estimate of drug-likeness (QED) is 0.844. The smallest absolute Gasteiger partial charge is 0.326 e. The molecule has 1 aromatic rings. The van der Waals surface area contributed by atoms with Gasteiger partial charge < -0.3 is 10.4 Å². The van der Waals surface area contributed by atoms with Gasteiger partial charge in [-0.05, 0) is 25.5 Å². The lowest BCUT2D eigenvalue weighted by Crippen LogP contribution is -2.42. The summed E-state index contributed by atoms with van der Waals surface area (Å²) in [6, 6.07) is 5.95. The summed E-state index contributed by atoms with van der Waals surface area (Å²) in [6.45, 7) is 1.55. The first-order valence-corrected chi connectivity index (χ1v) is 5.63. The number of nitrogens with one attached hydrogen (secondary N) is 1. The fraction of sp³-hybridized carbons (Fsp3) is 0.308. The van der Waals surface area contributed by atoms with Crippen LogP contribution in [0.15, 0.2) is 24.3 Å². The van der Waals surface area contributed by atoms with E-state index in [1.165, 1.54) is 18.2 Å². The lowest BCUT2D eigenvalue weighted by Gasteiger charge is -2.15. The molecule has 0 aliphatic carbocycles. The van der Waals surface area contributed by atoms with Gasteiger partial charge >= 0.3 is 5.97 Å². The van der Waals surface area contributed by atoms with E-state index in [0.29, 0.717) is 0 Å². The highest BCUT2D eigenvalue weighted by Gasteiger charge is 2.24. The molecule has 0 aliphatic heterocycles. The van der Waals surface area contributed by atoms with Crippen LogP contribution in [-0.2, 0) is 4.79 Å². The number of nitriles is 1. The van der Waals surface area contributed by atoms with E-state index < -0.39 is 29.7 Å². The van der Waals surface area contributed by atoms with Crippen LogP contribution in [0.5, 0.6) is 0 Å². The van der Waals surface area contributed by atoms with E-state index in [1.807, 2.05) is 6.07 Å². The fourth-order valence-electron chi connectivity index (χ4n) is 1.51. The van der Waals surface area contributed by atoms with E-state index in [9.17, 15) is 14.0 Å². The van der Waals surface area contributed by atoms with Gasteiger partial charge in [-0.25, -0.2) is 9.18 Å². The zero-order valence-corrected chi connectivity index (χ0v) is 10.3. The van der Waals surface area contributed by atoms with Crippen LogP contribution in [0.1, 0.15) is 23.7 Å².